The van der Waals surface area contributed by atoms with Crippen LogP contribution in [0.1, 0.15) is 18.4 Å². The summed E-state index contributed by atoms with van der Waals surface area (Å²) in [5, 5.41) is 18.8. The van der Waals surface area contributed by atoms with Gasteiger partial charge in [0.15, 0.2) is 0 Å². The van der Waals surface area contributed by atoms with Gasteiger partial charge in [0.25, 0.3) is 0 Å². The molecule has 0 saturated carbocycles. The second-order valence-corrected chi connectivity index (χ2v) is 6.89. The number of aromatic hydroxyl groups is 1. The van der Waals surface area contributed by atoms with Crippen molar-refractivity contribution in [3.63, 3.8) is 0 Å². The zero-order chi connectivity index (χ0) is 14.1. The number of nitrogens with zero attached hydrogens (tertiary/aromatic N) is 2. The molecule has 2 rings (SSSR count). The number of hydrogen-bond acceptors (Lipinski definition) is 4. The van der Waals surface area contributed by atoms with E-state index in [1.54, 1.807) is 24.3 Å². The Hall–Kier alpha value is -1.58. The highest BCUT2D eigenvalue weighted by atomic mass is 32.2. The SMILES string of the molecule is CS(=O)(=O)N1CCC(C#N)(c2ccc(O)cc2)CC1. The molecule has 1 saturated heterocycles. The quantitative estimate of drug-likeness (QED) is 0.882. The number of benzene rings is 1. The van der Waals surface area contributed by atoms with E-state index in [-0.39, 0.29) is 5.75 Å². The molecule has 1 N–H and O–H groups in total. The lowest BCUT2D eigenvalue weighted by Crippen LogP contribution is -2.44. The molecule has 0 unspecified atom stereocenters. The van der Waals surface area contributed by atoms with E-state index in [0.29, 0.717) is 25.9 Å². The van der Waals surface area contributed by atoms with Crippen LogP contribution in [0.3, 0.4) is 0 Å². The molecule has 5 nitrogen and oxygen atoms in total. The molecule has 0 atom stereocenters. The van der Waals surface area contributed by atoms with Gasteiger partial charge in [-0.2, -0.15) is 5.26 Å². The number of piperidine rings is 1. The number of phenolic OH excluding ortho intramolecular Hbond substituents is 1. The fourth-order valence-electron chi connectivity index (χ4n) is 2.45. The minimum absolute atomic E-state index is 0.158. The highest BCUT2D eigenvalue weighted by Crippen LogP contribution is 2.36. The number of phenols is 1. The van der Waals surface area contributed by atoms with Gasteiger partial charge in [-0.15, -0.1) is 0 Å². The third-order valence-electron chi connectivity index (χ3n) is 3.68. The molecule has 1 aliphatic heterocycles. The van der Waals surface area contributed by atoms with E-state index >= 15 is 0 Å². The molecule has 1 aromatic carbocycles. The zero-order valence-electron chi connectivity index (χ0n) is 10.7. The van der Waals surface area contributed by atoms with Crippen LogP contribution < -0.4 is 0 Å². The Morgan fingerprint density at radius 2 is 1.79 bits per heavy atom. The van der Waals surface area contributed by atoms with Crippen molar-refractivity contribution in [3.8, 4) is 11.8 Å². The van der Waals surface area contributed by atoms with Gasteiger partial charge in [0.05, 0.1) is 17.7 Å². The fraction of sp³-hybridized carbons (Fsp3) is 0.462. The van der Waals surface area contributed by atoms with Crippen LogP contribution in [0.4, 0.5) is 0 Å². The van der Waals surface area contributed by atoms with Crippen molar-refractivity contribution in [2.45, 2.75) is 18.3 Å². The predicted molar refractivity (Wildman–Crippen MR) is 71.0 cm³/mol. The Kier molecular flexibility index (Phi) is 3.52. The first-order valence-corrected chi connectivity index (χ1v) is 7.88. The molecule has 0 amide bonds. The summed E-state index contributed by atoms with van der Waals surface area (Å²) in [5.74, 6) is 0.158. The van der Waals surface area contributed by atoms with Crippen LogP contribution in [0.25, 0.3) is 0 Å². The third kappa shape index (κ3) is 2.72. The molecule has 0 radical (unpaired) electrons. The molecular formula is C13H16N2O3S. The molecule has 6 heteroatoms. The first-order chi connectivity index (χ1) is 8.87. The number of sulfonamides is 1. The molecule has 1 heterocycles. The minimum atomic E-state index is -3.19. The van der Waals surface area contributed by atoms with Crippen molar-refractivity contribution in [1.82, 2.24) is 4.31 Å². The molecule has 0 aliphatic carbocycles. The van der Waals surface area contributed by atoms with E-state index in [2.05, 4.69) is 6.07 Å². The van der Waals surface area contributed by atoms with Crippen LogP contribution >= 0.6 is 0 Å². The molecule has 0 aromatic heterocycles. The zero-order valence-corrected chi connectivity index (χ0v) is 11.5. The average Bonchev–Trinajstić information content (AvgIpc) is 2.38. The van der Waals surface area contributed by atoms with Crippen LogP contribution in [0.2, 0.25) is 0 Å². The van der Waals surface area contributed by atoms with Crippen LogP contribution in [-0.2, 0) is 15.4 Å². The van der Waals surface area contributed by atoms with Crippen molar-refractivity contribution >= 4 is 10.0 Å². The molecule has 1 aromatic rings. The molecule has 0 spiro atoms. The van der Waals surface area contributed by atoms with Gasteiger partial charge in [-0.25, -0.2) is 12.7 Å². The first kappa shape index (κ1) is 13.8. The summed E-state index contributed by atoms with van der Waals surface area (Å²) in [4.78, 5) is 0. The topological polar surface area (TPSA) is 81.4 Å². The fourth-order valence-corrected chi connectivity index (χ4v) is 3.29. The van der Waals surface area contributed by atoms with Gasteiger partial charge < -0.3 is 5.11 Å². The molecule has 19 heavy (non-hydrogen) atoms. The minimum Gasteiger partial charge on any atom is -0.508 e. The highest BCUT2D eigenvalue weighted by Gasteiger charge is 2.38. The van der Waals surface area contributed by atoms with Crippen molar-refractivity contribution in [2.24, 2.45) is 0 Å². The predicted octanol–water partition coefficient (Wildman–Crippen LogP) is 1.21. The van der Waals surface area contributed by atoms with Crippen molar-refractivity contribution in [2.75, 3.05) is 19.3 Å². The second-order valence-electron chi connectivity index (χ2n) is 4.90. The van der Waals surface area contributed by atoms with Gasteiger partial charge in [-0.05, 0) is 30.5 Å². The lowest BCUT2D eigenvalue weighted by Gasteiger charge is -2.36. The highest BCUT2D eigenvalue weighted by molar-refractivity contribution is 7.88. The van der Waals surface area contributed by atoms with Gasteiger partial charge >= 0.3 is 0 Å². The summed E-state index contributed by atoms with van der Waals surface area (Å²) in [6.45, 7) is 0.709. The monoisotopic (exact) mass is 280 g/mol. The van der Waals surface area contributed by atoms with Gasteiger partial charge in [-0.1, -0.05) is 12.1 Å². The smallest absolute Gasteiger partial charge is 0.211 e. The maximum atomic E-state index is 11.5. The lowest BCUT2D eigenvalue weighted by molar-refractivity contribution is 0.278. The maximum Gasteiger partial charge on any atom is 0.211 e. The lowest BCUT2D eigenvalue weighted by atomic mass is 9.74. The van der Waals surface area contributed by atoms with E-state index in [1.807, 2.05) is 0 Å². The van der Waals surface area contributed by atoms with Gasteiger partial charge in [0.2, 0.25) is 10.0 Å². The summed E-state index contributed by atoms with van der Waals surface area (Å²) >= 11 is 0. The Morgan fingerprint density at radius 1 is 1.26 bits per heavy atom. The van der Waals surface area contributed by atoms with Gasteiger partial charge in [0.1, 0.15) is 5.75 Å². The second kappa shape index (κ2) is 4.83. The summed E-state index contributed by atoms with van der Waals surface area (Å²) in [6, 6.07) is 8.89. The van der Waals surface area contributed by atoms with E-state index < -0.39 is 15.4 Å². The van der Waals surface area contributed by atoms with E-state index in [1.165, 1.54) is 10.6 Å². The van der Waals surface area contributed by atoms with Crippen molar-refractivity contribution < 1.29 is 13.5 Å². The molecular weight excluding hydrogens is 264 g/mol. The molecule has 0 bridgehead atoms. The molecule has 1 fully saturated rings. The molecule has 1 aliphatic rings. The summed E-state index contributed by atoms with van der Waals surface area (Å²) in [6.07, 6.45) is 2.13. The van der Waals surface area contributed by atoms with Crippen molar-refractivity contribution in [3.05, 3.63) is 29.8 Å². The first-order valence-electron chi connectivity index (χ1n) is 6.03. The summed E-state index contributed by atoms with van der Waals surface area (Å²) in [5.41, 5.74) is 0.176. The van der Waals surface area contributed by atoms with Crippen molar-refractivity contribution in [1.29, 1.82) is 5.26 Å². The Balaban J connectivity index is 2.24. The number of hydrogen-bond donors (Lipinski definition) is 1. The van der Waals surface area contributed by atoms with Crippen LogP contribution in [0.5, 0.6) is 5.75 Å². The van der Waals surface area contributed by atoms with Crippen LogP contribution in [0, 0.1) is 11.3 Å². The molecule has 102 valence electrons. The maximum absolute atomic E-state index is 11.5. The van der Waals surface area contributed by atoms with E-state index in [9.17, 15) is 18.8 Å². The average molecular weight is 280 g/mol. The Morgan fingerprint density at radius 3 is 2.21 bits per heavy atom. The normalized spacial score (nSPS) is 19.8. The van der Waals surface area contributed by atoms with Crippen LogP contribution in [-0.4, -0.2) is 37.2 Å². The number of nitriles is 1. The Bertz CT molecular complexity index is 594. The van der Waals surface area contributed by atoms with E-state index in [4.69, 9.17) is 0 Å². The number of rotatable bonds is 2. The summed E-state index contributed by atoms with van der Waals surface area (Å²) < 4.78 is 24.4. The summed E-state index contributed by atoms with van der Waals surface area (Å²) in [7, 11) is -3.19. The Labute approximate surface area is 113 Å². The van der Waals surface area contributed by atoms with Crippen LogP contribution in [0.15, 0.2) is 24.3 Å². The van der Waals surface area contributed by atoms with Gasteiger partial charge in [0, 0.05) is 13.1 Å². The standard InChI is InChI=1S/C13H16N2O3S/c1-19(17,18)15-8-6-13(10-14,7-9-15)11-2-4-12(16)5-3-11/h2-5,16H,6-9H2,1H3. The van der Waals surface area contributed by atoms with Gasteiger partial charge in [-0.3, -0.25) is 0 Å². The van der Waals surface area contributed by atoms with E-state index in [0.717, 1.165) is 5.56 Å². The third-order valence-corrected chi connectivity index (χ3v) is 4.98. The largest absolute Gasteiger partial charge is 0.508 e.